The Morgan fingerprint density at radius 1 is 1.29 bits per heavy atom. The molecular formula is C10H12O4. The highest BCUT2D eigenvalue weighted by atomic mass is 16.4. The summed E-state index contributed by atoms with van der Waals surface area (Å²) in [7, 11) is 0. The topological polar surface area (TPSA) is 77.8 Å². The number of benzene rings is 1. The molecule has 0 radical (unpaired) electrons. The number of carboxylic acid groups (broad SMARTS) is 1. The van der Waals surface area contributed by atoms with E-state index in [1.165, 1.54) is 12.1 Å². The molecule has 4 nitrogen and oxygen atoms in total. The number of aliphatic hydroxyl groups is 1. The van der Waals surface area contributed by atoms with Crippen molar-refractivity contribution in [2.75, 3.05) is 6.61 Å². The summed E-state index contributed by atoms with van der Waals surface area (Å²) >= 11 is 0. The molecule has 0 saturated carbocycles. The van der Waals surface area contributed by atoms with Crippen LogP contribution < -0.4 is 0 Å². The number of aromatic hydroxyl groups is 1. The first-order valence-corrected chi connectivity index (χ1v) is 4.25. The van der Waals surface area contributed by atoms with Crippen molar-refractivity contribution >= 4 is 5.97 Å². The Labute approximate surface area is 81.4 Å². The van der Waals surface area contributed by atoms with E-state index in [4.69, 9.17) is 15.3 Å². The molecule has 1 atom stereocenters. The van der Waals surface area contributed by atoms with Crippen molar-refractivity contribution in [3.05, 3.63) is 29.8 Å². The Morgan fingerprint density at radius 2 is 1.86 bits per heavy atom. The highest BCUT2D eigenvalue weighted by Crippen LogP contribution is 2.21. The van der Waals surface area contributed by atoms with Crippen molar-refractivity contribution in [2.45, 2.75) is 12.3 Å². The third-order valence-corrected chi connectivity index (χ3v) is 2.01. The summed E-state index contributed by atoms with van der Waals surface area (Å²) in [6.07, 6.45) is -0.110. The molecule has 0 fully saturated rings. The number of aliphatic hydroxyl groups excluding tert-OH is 1. The number of rotatable bonds is 4. The maximum absolute atomic E-state index is 10.4. The molecule has 4 heteroatoms. The van der Waals surface area contributed by atoms with Crippen molar-refractivity contribution in [1.82, 2.24) is 0 Å². The van der Waals surface area contributed by atoms with E-state index in [0.717, 1.165) is 0 Å². The number of carbonyl (C=O) groups is 1. The van der Waals surface area contributed by atoms with Gasteiger partial charge in [-0.05, 0) is 17.7 Å². The van der Waals surface area contributed by atoms with Gasteiger partial charge in [-0.1, -0.05) is 12.1 Å². The van der Waals surface area contributed by atoms with Gasteiger partial charge in [-0.3, -0.25) is 4.79 Å². The standard InChI is InChI=1S/C10H12O4/c11-6-8(5-10(13)14)7-1-3-9(12)4-2-7/h1-4,8,11-12H,5-6H2,(H,13,14). The molecule has 1 aromatic rings. The van der Waals surface area contributed by atoms with Crippen molar-refractivity contribution in [3.8, 4) is 5.75 Å². The highest BCUT2D eigenvalue weighted by molar-refractivity contribution is 5.68. The minimum atomic E-state index is -0.947. The van der Waals surface area contributed by atoms with Gasteiger partial charge in [0.25, 0.3) is 0 Å². The van der Waals surface area contributed by atoms with E-state index in [1.807, 2.05) is 0 Å². The molecule has 1 aromatic carbocycles. The molecule has 14 heavy (non-hydrogen) atoms. The summed E-state index contributed by atoms with van der Waals surface area (Å²) in [5, 5.41) is 26.6. The van der Waals surface area contributed by atoms with Crippen LogP contribution in [0.3, 0.4) is 0 Å². The number of aliphatic carboxylic acids is 1. The van der Waals surface area contributed by atoms with Crippen LogP contribution in [0.15, 0.2) is 24.3 Å². The number of hydrogen-bond acceptors (Lipinski definition) is 3. The van der Waals surface area contributed by atoms with Gasteiger partial charge in [0.15, 0.2) is 0 Å². The normalized spacial score (nSPS) is 12.4. The number of carboxylic acids is 1. The van der Waals surface area contributed by atoms with Crippen molar-refractivity contribution < 1.29 is 20.1 Å². The molecule has 0 aliphatic rings. The number of hydrogen-bond donors (Lipinski definition) is 3. The minimum Gasteiger partial charge on any atom is -0.508 e. The van der Waals surface area contributed by atoms with Crippen molar-refractivity contribution in [1.29, 1.82) is 0 Å². The molecule has 0 amide bonds. The molecule has 1 rings (SSSR count). The monoisotopic (exact) mass is 196 g/mol. The Kier molecular flexibility index (Phi) is 3.48. The molecule has 76 valence electrons. The average molecular weight is 196 g/mol. The lowest BCUT2D eigenvalue weighted by Crippen LogP contribution is -2.09. The average Bonchev–Trinajstić information content (AvgIpc) is 2.15. The molecule has 1 unspecified atom stereocenters. The van der Waals surface area contributed by atoms with Crippen LogP contribution in [0, 0.1) is 0 Å². The van der Waals surface area contributed by atoms with Gasteiger partial charge in [0.05, 0.1) is 13.0 Å². The first-order valence-electron chi connectivity index (χ1n) is 4.25. The van der Waals surface area contributed by atoms with E-state index >= 15 is 0 Å². The van der Waals surface area contributed by atoms with Crippen LogP contribution >= 0.6 is 0 Å². The SMILES string of the molecule is O=C(O)CC(CO)c1ccc(O)cc1. The van der Waals surface area contributed by atoms with Crippen LogP contribution in [0.25, 0.3) is 0 Å². The molecule has 0 bridgehead atoms. The molecule has 0 saturated heterocycles. The zero-order valence-electron chi connectivity index (χ0n) is 7.55. The molecule has 0 aliphatic heterocycles. The fourth-order valence-corrected chi connectivity index (χ4v) is 1.25. The first kappa shape index (κ1) is 10.5. The predicted molar refractivity (Wildman–Crippen MR) is 50.2 cm³/mol. The lowest BCUT2D eigenvalue weighted by atomic mass is 9.97. The van der Waals surface area contributed by atoms with Gasteiger partial charge in [0, 0.05) is 5.92 Å². The van der Waals surface area contributed by atoms with Crippen LogP contribution in [-0.2, 0) is 4.79 Å². The van der Waals surface area contributed by atoms with Crippen molar-refractivity contribution in [2.24, 2.45) is 0 Å². The fraction of sp³-hybridized carbons (Fsp3) is 0.300. The fourth-order valence-electron chi connectivity index (χ4n) is 1.25. The van der Waals surface area contributed by atoms with Gasteiger partial charge in [-0.15, -0.1) is 0 Å². The Hall–Kier alpha value is -1.55. The summed E-state index contributed by atoms with van der Waals surface area (Å²) in [5.41, 5.74) is 0.715. The molecule has 0 aliphatic carbocycles. The molecular weight excluding hydrogens is 184 g/mol. The summed E-state index contributed by atoms with van der Waals surface area (Å²) in [6, 6.07) is 6.16. The van der Waals surface area contributed by atoms with Gasteiger partial charge in [0.2, 0.25) is 0 Å². The van der Waals surface area contributed by atoms with Crippen LogP contribution in [0.4, 0.5) is 0 Å². The van der Waals surface area contributed by atoms with Gasteiger partial charge in [-0.25, -0.2) is 0 Å². The lowest BCUT2D eigenvalue weighted by molar-refractivity contribution is -0.137. The molecule has 0 spiro atoms. The van der Waals surface area contributed by atoms with Gasteiger partial charge in [0.1, 0.15) is 5.75 Å². The Bertz CT molecular complexity index is 304. The first-order chi connectivity index (χ1) is 6.63. The van der Waals surface area contributed by atoms with E-state index in [0.29, 0.717) is 5.56 Å². The largest absolute Gasteiger partial charge is 0.508 e. The maximum Gasteiger partial charge on any atom is 0.304 e. The highest BCUT2D eigenvalue weighted by Gasteiger charge is 2.14. The van der Waals surface area contributed by atoms with E-state index in [1.54, 1.807) is 12.1 Å². The number of phenols is 1. The molecule has 0 heterocycles. The second-order valence-electron chi connectivity index (χ2n) is 3.07. The Balaban J connectivity index is 2.78. The molecule has 0 aromatic heterocycles. The summed E-state index contributed by atoms with van der Waals surface area (Å²) in [5.74, 6) is -1.23. The summed E-state index contributed by atoms with van der Waals surface area (Å²) in [6.45, 7) is -0.211. The number of phenolic OH excluding ortho intramolecular Hbond substituents is 1. The van der Waals surface area contributed by atoms with E-state index in [-0.39, 0.29) is 18.8 Å². The van der Waals surface area contributed by atoms with E-state index < -0.39 is 11.9 Å². The van der Waals surface area contributed by atoms with Crippen LogP contribution in [0.1, 0.15) is 17.9 Å². The smallest absolute Gasteiger partial charge is 0.304 e. The van der Waals surface area contributed by atoms with E-state index in [2.05, 4.69) is 0 Å². The van der Waals surface area contributed by atoms with Gasteiger partial charge >= 0.3 is 5.97 Å². The van der Waals surface area contributed by atoms with Crippen LogP contribution in [0.5, 0.6) is 5.75 Å². The van der Waals surface area contributed by atoms with E-state index in [9.17, 15) is 4.79 Å². The second kappa shape index (κ2) is 4.62. The van der Waals surface area contributed by atoms with Gasteiger partial charge < -0.3 is 15.3 Å². The Morgan fingerprint density at radius 3 is 2.29 bits per heavy atom. The molecule has 3 N–H and O–H groups in total. The summed E-state index contributed by atoms with van der Waals surface area (Å²) in [4.78, 5) is 10.4. The lowest BCUT2D eigenvalue weighted by Gasteiger charge is -2.11. The maximum atomic E-state index is 10.4. The predicted octanol–water partition coefficient (Wildman–Crippen LogP) is 0.943. The van der Waals surface area contributed by atoms with Crippen LogP contribution in [-0.4, -0.2) is 27.9 Å². The summed E-state index contributed by atoms with van der Waals surface area (Å²) < 4.78 is 0. The second-order valence-corrected chi connectivity index (χ2v) is 3.07. The van der Waals surface area contributed by atoms with Gasteiger partial charge in [-0.2, -0.15) is 0 Å². The third-order valence-electron chi connectivity index (χ3n) is 2.01. The third kappa shape index (κ3) is 2.74. The minimum absolute atomic E-state index is 0.110. The quantitative estimate of drug-likeness (QED) is 0.669. The zero-order chi connectivity index (χ0) is 10.6. The zero-order valence-corrected chi connectivity index (χ0v) is 7.55. The van der Waals surface area contributed by atoms with Crippen LogP contribution in [0.2, 0.25) is 0 Å². The van der Waals surface area contributed by atoms with Crippen molar-refractivity contribution in [3.63, 3.8) is 0 Å².